The summed E-state index contributed by atoms with van der Waals surface area (Å²) >= 11 is 0. The van der Waals surface area contributed by atoms with Gasteiger partial charge in [0.05, 0.1) is 7.11 Å². The van der Waals surface area contributed by atoms with Crippen LogP contribution in [-0.2, 0) is 0 Å². The Hall–Kier alpha value is -1.42. The lowest BCUT2D eigenvalue weighted by Gasteiger charge is -2.08. The maximum absolute atomic E-state index is 13.4. The summed E-state index contributed by atoms with van der Waals surface area (Å²) < 4.78 is 18.3. The summed E-state index contributed by atoms with van der Waals surface area (Å²) in [5, 5.41) is 3.21. The summed E-state index contributed by atoms with van der Waals surface area (Å²) in [6, 6.07) is 4.37. The highest BCUT2D eigenvalue weighted by molar-refractivity contribution is 5.96. The minimum atomic E-state index is -0.483. The first-order valence-corrected chi connectivity index (χ1v) is 5.78. The summed E-state index contributed by atoms with van der Waals surface area (Å²) in [4.78, 5) is 11.9. The number of Topliss-reactive ketones (excluding diaryl/α,β-unsaturated/α-hetero) is 1. The molecule has 2 rings (SSSR count). The molecule has 0 aromatic heterocycles. The first kappa shape index (κ1) is 12.0. The van der Waals surface area contributed by atoms with Crippen molar-refractivity contribution >= 4 is 5.78 Å². The third-order valence-corrected chi connectivity index (χ3v) is 3.11. The first-order chi connectivity index (χ1) is 8.20. The molecule has 0 saturated carbocycles. The summed E-state index contributed by atoms with van der Waals surface area (Å²) in [5.74, 6) is 0.0693. The van der Waals surface area contributed by atoms with E-state index in [0.717, 1.165) is 19.5 Å². The molecule has 4 heteroatoms. The predicted octanol–water partition coefficient (Wildman–Crippen LogP) is 2.02. The molecule has 1 heterocycles. The Morgan fingerprint density at radius 1 is 1.59 bits per heavy atom. The lowest BCUT2D eigenvalue weighted by atomic mass is 9.97. The van der Waals surface area contributed by atoms with Crippen LogP contribution in [0.3, 0.4) is 0 Å². The lowest BCUT2D eigenvalue weighted by molar-refractivity contribution is 0.0964. The van der Waals surface area contributed by atoms with E-state index < -0.39 is 5.82 Å². The molecule has 0 amide bonds. The van der Waals surface area contributed by atoms with Gasteiger partial charge in [0, 0.05) is 12.0 Å². The van der Waals surface area contributed by atoms with Gasteiger partial charge in [-0.1, -0.05) is 0 Å². The summed E-state index contributed by atoms with van der Waals surface area (Å²) in [6.07, 6.45) is 1.50. The molecule has 17 heavy (non-hydrogen) atoms. The van der Waals surface area contributed by atoms with Crippen molar-refractivity contribution in [2.75, 3.05) is 20.2 Å². The Morgan fingerprint density at radius 3 is 3.00 bits per heavy atom. The van der Waals surface area contributed by atoms with Gasteiger partial charge in [-0.25, -0.2) is 4.39 Å². The average molecular weight is 237 g/mol. The molecule has 1 atom stereocenters. The summed E-state index contributed by atoms with van der Waals surface area (Å²) in [5.41, 5.74) is 0.426. The summed E-state index contributed by atoms with van der Waals surface area (Å²) in [6.45, 7) is 1.85. The molecule has 1 aromatic carbocycles. The van der Waals surface area contributed by atoms with Crippen LogP contribution in [0, 0.1) is 11.7 Å². The predicted molar refractivity (Wildman–Crippen MR) is 62.9 cm³/mol. The second kappa shape index (κ2) is 5.27. The largest absolute Gasteiger partial charge is 0.494 e. The smallest absolute Gasteiger partial charge is 0.165 e. The van der Waals surface area contributed by atoms with E-state index in [1.54, 1.807) is 6.07 Å². The molecule has 1 aliphatic heterocycles. The van der Waals surface area contributed by atoms with Crippen LogP contribution in [0.2, 0.25) is 0 Å². The average Bonchev–Trinajstić information content (AvgIpc) is 2.81. The van der Waals surface area contributed by atoms with Crippen LogP contribution < -0.4 is 10.1 Å². The van der Waals surface area contributed by atoms with Crippen LogP contribution in [0.5, 0.6) is 5.75 Å². The lowest BCUT2D eigenvalue weighted by Crippen LogP contribution is -2.13. The zero-order valence-corrected chi connectivity index (χ0v) is 9.83. The fourth-order valence-electron chi connectivity index (χ4n) is 2.11. The third kappa shape index (κ3) is 2.82. The van der Waals surface area contributed by atoms with Crippen molar-refractivity contribution in [3.63, 3.8) is 0 Å². The Labute approximate surface area is 100.0 Å². The van der Waals surface area contributed by atoms with E-state index in [0.29, 0.717) is 17.9 Å². The number of carbonyl (C=O) groups is 1. The van der Waals surface area contributed by atoms with Crippen molar-refractivity contribution in [3.8, 4) is 5.75 Å². The number of carbonyl (C=O) groups excluding carboxylic acids is 1. The van der Waals surface area contributed by atoms with Crippen molar-refractivity contribution in [2.24, 2.45) is 5.92 Å². The number of ketones is 1. The molecule has 1 unspecified atom stereocenters. The molecule has 0 spiro atoms. The second-order valence-corrected chi connectivity index (χ2v) is 4.34. The van der Waals surface area contributed by atoms with E-state index in [2.05, 4.69) is 5.32 Å². The Bertz CT molecular complexity index is 414. The molecule has 0 aliphatic carbocycles. The number of hydrogen-bond donors (Lipinski definition) is 1. The maximum Gasteiger partial charge on any atom is 0.165 e. The molecule has 0 bridgehead atoms. The SMILES string of the molecule is COc1ccc(C(=O)CC2CCNC2)cc1F. The molecule has 92 valence electrons. The number of halogens is 1. The number of rotatable bonds is 4. The van der Waals surface area contributed by atoms with Crippen molar-refractivity contribution in [2.45, 2.75) is 12.8 Å². The zero-order chi connectivity index (χ0) is 12.3. The van der Waals surface area contributed by atoms with E-state index >= 15 is 0 Å². The topological polar surface area (TPSA) is 38.3 Å². The van der Waals surface area contributed by atoms with Crippen molar-refractivity contribution in [3.05, 3.63) is 29.6 Å². The minimum Gasteiger partial charge on any atom is -0.494 e. The Kier molecular flexibility index (Phi) is 3.74. The Morgan fingerprint density at radius 2 is 2.41 bits per heavy atom. The van der Waals surface area contributed by atoms with Crippen molar-refractivity contribution in [1.29, 1.82) is 0 Å². The van der Waals surface area contributed by atoms with E-state index in [9.17, 15) is 9.18 Å². The zero-order valence-electron chi connectivity index (χ0n) is 9.83. The molecule has 1 aliphatic rings. The minimum absolute atomic E-state index is 0.000234. The molecule has 0 radical (unpaired) electrons. The molecular weight excluding hydrogens is 221 g/mol. The second-order valence-electron chi connectivity index (χ2n) is 4.34. The fourth-order valence-corrected chi connectivity index (χ4v) is 2.11. The van der Waals surface area contributed by atoms with Gasteiger partial charge in [-0.2, -0.15) is 0 Å². The maximum atomic E-state index is 13.4. The number of ether oxygens (including phenoxy) is 1. The highest BCUT2D eigenvalue weighted by Crippen LogP contribution is 2.21. The quantitative estimate of drug-likeness (QED) is 0.814. The molecule has 3 nitrogen and oxygen atoms in total. The van der Waals surface area contributed by atoms with Crippen molar-refractivity contribution in [1.82, 2.24) is 5.32 Å². The molecule has 1 fully saturated rings. The van der Waals surface area contributed by atoms with Crippen LogP contribution in [0.4, 0.5) is 4.39 Å². The molecule has 1 N–H and O–H groups in total. The van der Waals surface area contributed by atoms with Crippen LogP contribution in [0.15, 0.2) is 18.2 Å². The van der Waals surface area contributed by atoms with Gasteiger partial charge in [0.2, 0.25) is 0 Å². The number of nitrogens with one attached hydrogen (secondary N) is 1. The van der Waals surface area contributed by atoms with Gasteiger partial charge >= 0.3 is 0 Å². The van der Waals surface area contributed by atoms with E-state index in [1.165, 1.54) is 19.2 Å². The van der Waals surface area contributed by atoms with Gasteiger partial charge in [-0.05, 0) is 43.6 Å². The van der Waals surface area contributed by atoms with Crippen LogP contribution in [0.25, 0.3) is 0 Å². The summed E-state index contributed by atoms with van der Waals surface area (Å²) in [7, 11) is 1.41. The van der Waals surface area contributed by atoms with Gasteiger partial charge in [-0.3, -0.25) is 4.79 Å². The normalized spacial score (nSPS) is 19.3. The monoisotopic (exact) mass is 237 g/mol. The number of benzene rings is 1. The standard InChI is InChI=1S/C13H16FNO2/c1-17-13-3-2-10(7-11(13)14)12(16)6-9-4-5-15-8-9/h2-3,7,9,15H,4-6,8H2,1H3. The van der Waals surface area contributed by atoms with Crippen molar-refractivity contribution < 1.29 is 13.9 Å². The highest BCUT2D eigenvalue weighted by Gasteiger charge is 2.19. The van der Waals surface area contributed by atoms with E-state index in [1.807, 2.05) is 0 Å². The first-order valence-electron chi connectivity index (χ1n) is 5.78. The van der Waals surface area contributed by atoms with Crippen LogP contribution >= 0.6 is 0 Å². The molecular formula is C13H16FNO2. The highest BCUT2D eigenvalue weighted by atomic mass is 19.1. The third-order valence-electron chi connectivity index (χ3n) is 3.11. The van der Waals surface area contributed by atoms with Gasteiger partial charge in [0.15, 0.2) is 17.3 Å². The number of hydrogen-bond acceptors (Lipinski definition) is 3. The fraction of sp³-hybridized carbons (Fsp3) is 0.462. The van der Waals surface area contributed by atoms with Gasteiger partial charge < -0.3 is 10.1 Å². The van der Waals surface area contributed by atoms with Crippen LogP contribution in [-0.4, -0.2) is 26.0 Å². The molecule has 1 aromatic rings. The van der Waals surface area contributed by atoms with E-state index in [4.69, 9.17) is 4.74 Å². The van der Waals surface area contributed by atoms with Gasteiger partial charge in [0.1, 0.15) is 0 Å². The van der Waals surface area contributed by atoms with E-state index in [-0.39, 0.29) is 11.5 Å². The van der Waals surface area contributed by atoms with Crippen LogP contribution in [0.1, 0.15) is 23.2 Å². The van der Waals surface area contributed by atoms with Gasteiger partial charge in [-0.15, -0.1) is 0 Å². The molecule has 1 saturated heterocycles. The number of methoxy groups -OCH3 is 1. The Balaban J connectivity index is 2.05. The van der Waals surface area contributed by atoms with Gasteiger partial charge in [0.25, 0.3) is 0 Å².